The molecule has 1 aliphatic rings. The Morgan fingerprint density at radius 2 is 2.20 bits per heavy atom. The second-order valence-corrected chi connectivity index (χ2v) is 8.18. The first-order chi connectivity index (χ1) is 11.6. The Morgan fingerprint density at radius 1 is 1.56 bits per heavy atom. The molecule has 1 aliphatic heterocycles. The number of rotatable bonds is 8. The molecule has 4 atom stereocenters. The lowest BCUT2D eigenvalue weighted by Crippen LogP contribution is -2.52. The van der Waals surface area contributed by atoms with E-state index >= 15 is 0 Å². The number of nitrogens with two attached hydrogens (primary N) is 2. The predicted octanol–water partition coefficient (Wildman–Crippen LogP) is 1.31. The molecule has 0 radical (unpaired) electrons. The molecule has 0 amide bonds. The molecule has 6 nitrogen and oxygen atoms in total. The van der Waals surface area contributed by atoms with Gasteiger partial charge in [-0.15, -0.1) is 0 Å². The van der Waals surface area contributed by atoms with Crippen molar-refractivity contribution in [1.29, 1.82) is 0 Å². The molecule has 0 bridgehead atoms. The Morgan fingerprint density at radius 3 is 2.72 bits per heavy atom. The van der Waals surface area contributed by atoms with Gasteiger partial charge in [0.2, 0.25) is 0 Å². The van der Waals surface area contributed by atoms with E-state index in [1.165, 1.54) is 10.1 Å². The van der Waals surface area contributed by atoms with Gasteiger partial charge in [-0.05, 0) is 22.6 Å². The largest absolute Gasteiger partial charge is 0.481 e. The number of halogens is 4. The molecule has 10 heteroatoms. The van der Waals surface area contributed by atoms with Crippen LogP contribution in [-0.2, 0) is 4.79 Å². The van der Waals surface area contributed by atoms with E-state index in [4.69, 9.17) is 16.6 Å². The minimum atomic E-state index is -4.46. The summed E-state index contributed by atoms with van der Waals surface area (Å²) >= 11 is -0.739. The molecule has 0 aromatic rings. The van der Waals surface area contributed by atoms with Gasteiger partial charge in [-0.3, -0.25) is 10.1 Å². The summed E-state index contributed by atoms with van der Waals surface area (Å²) in [6.07, 6.45) is -1.41. The summed E-state index contributed by atoms with van der Waals surface area (Å²) in [5.41, 5.74) is 11.7. The minimum Gasteiger partial charge on any atom is -0.481 e. The van der Waals surface area contributed by atoms with E-state index in [1.54, 1.807) is 13.0 Å². The molecule has 0 aromatic carbocycles. The average molecular weight is 474 g/mol. The maximum Gasteiger partial charge on any atom is 0.430 e. The van der Waals surface area contributed by atoms with Crippen LogP contribution in [0.2, 0.25) is 0 Å². The van der Waals surface area contributed by atoms with E-state index in [2.05, 4.69) is 17.2 Å². The van der Waals surface area contributed by atoms with Gasteiger partial charge in [-0.1, -0.05) is 39.5 Å². The zero-order chi connectivity index (χ0) is 19.2. The average Bonchev–Trinajstić information content (AvgIpc) is 2.50. The van der Waals surface area contributed by atoms with Crippen molar-refractivity contribution in [3.8, 4) is 0 Å². The first kappa shape index (κ1) is 21.8. The van der Waals surface area contributed by atoms with Crippen LogP contribution < -0.4 is 22.1 Å². The van der Waals surface area contributed by atoms with Crippen molar-refractivity contribution in [3.05, 3.63) is 36.1 Å². The number of aliphatic carboxylic acids is 1. The van der Waals surface area contributed by atoms with Gasteiger partial charge in [-0.25, -0.2) is 0 Å². The molecule has 0 saturated carbocycles. The Hall–Kier alpha value is -1.24. The van der Waals surface area contributed by atoms with Crippen LogP contribution in [0.25, 0.3) is 0 Å². The highest BCUT2D eigenvalue weighted by atomic mass is 127. The molecule has 0 saturated heterocycles. The standard InChI is InChI=1S/C15H22F3IN4O2/c1-3-4-9(8(2)22-11(20)7-12(24)25)13(21)14-19-6-5-10(23-14)15(16,17)18/h3-6,8,11,13-14,22-23H,1,7,20-21H2,2H3,(H,24,25)/b9-4-/t8?,11?,13?,14-/m1/s1. The number of hydrogen-bond acceptors (Lipinski definition) is 5. The smallest absolute Gasteiger partial charge is 0.430 e. The maximum absolute atomic E-state index is 12.9. The van der Waals surface area contributed by atoms with Crippen LogP contribution in [0.15, 0.2) is 36.1 Å². The summed E-state index contributed by atoms with van der Waals surface area (Å²) in [6, 6.07) is -1.12. The summed E-state index contributed by atoms with van der Waals surface area (Å²) in [5.74, 6) is -1.06. The molecular weight excluding hydrogens is 452 g/mol. The van der Waals surface area contributed by atoms with Crippen LogP contribution in [0.1, 0.15) is 13.3 Å². The van der Waals surface area contributed by atoms with E-state index in [0.717, 1.165) is 6.08 Å². The second kappa shape index (κ2) is 9.46. The van der Waals surface area contributed by atoms with E-state index in [9.17, 15) is 18.0 Å². The number of carboxylic acid groups (broad SMARTS) is 1. The van der Waals surface area contributed by atoms with E-state index in [0.29, 0.717) is 5.57 Å². The van der Waals surface area contributed by atoms with Gasteiger partial charge in [0.05, 0.1) is 22.7 Å². The van der Waals surface area contributed by atoms with Crippen molar-refractivity contribution in [2.45, 2.75) is 41.8 Å². The highest BCUT2D eigenvalue weighted by Gasteiger charge is 2.37. The Kier molecular flexibility index (Phi) is 8.25. The Bertz CT molecular complexity index is 590. The zero-order valence-electron chi connectivity index (χ0n) is 13.6. The molecule has 142 valence electrons. The van der Waals surface area contributed by atoms with Gasteiger partial charge in [-0.2, -0.15) is 13.2 Å². The molecule has 7 N–H and O–H groups in total. The number of nitrogens with one attached hydrogen (secondary N) is 2. The lowest BCUT2D eigenvalue weighted by Gasteiger charge is -2.32. The molecular formula is C15H22F3IN4O2. The fourth-order valence-electron chi connectivity index (χ4n) is 2.26. The molecule has 0 fully saturated rings. The number of carboxylic acids is 1. The van der Waals surface area contributed by atoms with Gasteiger partial charge >= 0.3 is 12.1 Å². The van der Waals surface area contributed by atoms with Crippen LogP contribution in [-0.4, -0.2) is 43.6 Å². The van der Waals surface area contributed by atoms with Gasteiger partial charge in [0.25, 0.3) is 0 Å². The second-order valence-electron chi connectivity index (χ2n) is 5.40. The first-order valence-corrected chi connectivity index (χ1v) is 9.86. The van der Waals surface area contributed by atoms with E-state index in [-0.39, 0.29) is 6.42 Å². The van der Waals surface area contributed by atoms with Gasteiger partial charge in [0.15, 0.2) is 0 Å². The molecule has 1 heterocycles. The highest BCUT2D eigenvalue weighted by Crippen LogP contribution is 2.29. The molecule has 25 heavy (non-hydrogen) atoms. The third-order valence-corrected chi connectivity index (χ3v) is 6.04. The van der Waals surface area contributed by atoms with Crippen molar-refractivity contribution >= 4 is 30.7 Å². The zero-order valence-corrected chi connectivity index (χ0v) is 15.7. The van der Waals surface area contributed by atoms with Crippen LogP contribution in [0.3, 0.4) is 0 Å². The monoisotopic (exact) mass is 474 g/mol. The number of carbonyl (C=O) groups is 1. The fourth-order valence-corrected chi connectivity index (χ4v) is 4.66. The Balaban J connectivity index is 2.87. The van der Waals surface area contributed by atoms with Crippen molar-refractivity contribution in [1.82, 2.24) is 10.6 Å². The predicted molar refractivity (Wildman–Crippen MR) is 100 cm³/mol. The quantitative estimate of drug-likeness (QED) is 0.119. The molecule has 0 spiro atoms. The number of hydrogen-bond donors (Lipinski definition) is 5. The molecule has 0 aromatic heterocycles. The third-order valence-electron chi connectivity index (χ3n) is 3.41. The lowest BCUT2D eigenvalue weighted by atomic mass is 9.99. The van der Waals surface area contributed by atoms with Crippen LogP contribution >= 0.6 is 20.7 Å². The van der Waals surface area contributed by atoms with Crippen LogP contribution in [0, 0.1) is 0 Å². The summed E-state index contributed by atoms with van der Waals surface area (Å²) in [4.78, 5) is 10.7. The topological polar surface area (TPSA) is 113 Å². The SMILES string of the molecule is C=C/C=C(/C(C)NC(N)CC(=O)O)C(N)[C@H]1NC(C(F)(F)F)=CC=I1. The van der Waals surface area contributed by atoms with Crippen molar-refractivity contribution in [3.63, 3.8) is 0 Å². The van der Waals surface area contributed by atoms with Crippen LogP contribution in [0.5, 0.6) is 0 Å². The van der Waals surface area contributed by atoms with Gasteiger partial charge in [0, 0.05) is 6.04 Å². The number of alkyl halides is 4. The Labute approximate surface area is 154 Å². The van der Waals surface area contributed by atoms with Crippen molar-refractivity contribution < 1.29 is 23.1 Å². The first-order valence-electron chi connectivity index (χ1n) is 7.37. The fraction of sp³-hybridized carbons (Fsp3) is 0.467. The molecule has 0 aliphatic carbocycles. The van der Waals surface area contributed by atoms with Crippen LogP contribution in [0.4, 0.5) is 13.2 Å². The number of allylic oxidation sites excluding steroid dienone is 4. The highest BCUT2D eigenvalue weighted by molar-refractivity contribution is 14.2. The van der Waals surface area contributed by atoms with Gasteiger partial charge < -0.3 is 21.9 Å². The molecule has 1 rings (SSSR count). The third kappa shape index (κ3) is 6.88. The maximum atomic E-state index is 12.9. The van der Waals surface area contributed by atoms with Crippen molar-refractivity contribution in [2.75, 3.05) is 0 Å². The van der Waals surface area contributed by atoms with Gasteiger partial charge in [0.1, 0.15) is 5.70 Å². The normalized spacial score (nSPS) is 22.1. The summed E-state index contributed by atoms with van der Waals surface area (Å²) in [5, 5.41) is 14.1. The lowest BCUT2D eigenvalue weighted by molar-refractivity contribution is -0.137. The van der Waals surface area contributed by atoms with E-state index in [1.807, 2.05) is 0 Å². The van der Waals surface area contributed by atoms with E-state index < -0.39 is 60.9 Å². The summed E-state index contributed by atoms with van der Waals surface area (Å²) in [6.45, 7) is 5.32. The van der Waals surface area contributed by atoms with Crippen molar-refractivity contribution in [2.24, 2.45) is 11.5 Å². The summed E-state index contributed by atoms with van der Waals surface area (Å²) < 4.78 is 39.6. The minimum absolute atomic E-state index is 0.287. The summed E-state index contributed by atoms with van der Waals surface area (Å²) in [7, 11) is 0. The molecule has 3 unspecified atom stereocenters.